The first-order valence-corrected chi connectivity index (χ1v) is 5.12. The van der Waals surface area contributed by atoms with Gasteiger partial charge >= 0.3 is 6.18 Å². The number of nitrogens with zero attached hydrogens (tertiary/aromatic N) is 1. The van der Waals surface area contributed by atoms with Gasteiger partial charge in [-0.25, -0.2) is 0 Å². The molecule has 0 saturated heterocycles. The van der Waals surface area contributed by atoms with E-state index in [0.29, 0.717) is 0 Å². The summed E-state index contributed by atoms with van der Waals surface area (Å²) in [6.07, 6.45) is -4.44. The second-order valence-electron chi connectivity index (χ2n) is 2.16. The van der Waals surface area contributed by atoms with Crippen molar-refractivity contribution in [3.8, 4) is 6.07 Å². The van der Waals surface area contributed by atoms with Gasteiger partial charge in [0, 0.05) is 0 Å². The fraction of sp³-hybridized carbons (Fsp3) is 0.417. The zero-order valence-electron chi connectivity index (χ0n) is 9.89. The number of hydrogen-bond acceptors (Lipinski definition) is 1. The Bertz CT molecular complexity index is 324. The Labute approximate surface area is 94.5 Å². The Morgan fingerprint density at radius 3 is 1.75 bits per heavy atom. The van der Waals surface area contributed by atoms with Gasteiger partial charge in [0.2, 0.25) is 0 Å². The molecule has 0 fully saturated rings. The van der Waals surface area contributed by atoms with Gasteiger partial charge in [0.1, 0.15) is 0 Å². The van der Waals surface area contributed by atoms with Crippen LogP contribution in [0.15, 0.2) is 24.3 Å². The first-order chi connectivity index (χ1) is 7.55. The van der Waals surface area contributed by atoms with Crippen LogP contribution in [-0.4, -0.2) is 0 Å². The number of benzene rings is 1. The van der Waals surface area contributed by atoms with E-state index in [1.807, 2.05) is 27.7 Å². The fourth-order valence-corrected chi connectivity index (χ4v) is 0.828. The van der Waals surface area contributed by atoms with E-state index in [2.05, 4.69) is 0 Å². The summed E-state index contributed by atoms with van der Waals surface area (Å²) in [5, 5.41) is 8.33. The molecule has 0 amide bonds. The molecule has 0 heterocycles. The van der Waals surface area contributed by atoms with Crippen LogP contribution in [0.25, 0.3) is 0 Å². The van der Waals surface area contributed by atoms with E-state index < -0.39 is 11.7 Å². The van der Waals surface area contributed by atoms with Crippen LogP contribution in [0.1, 0.15) is 38.8 Å². The molecular weight excluding hydrogens is 215 g/mol. The average molecular weight is 231 g/mol. The van der Waals surface area contributed by atoms with E-state index in [1.54, 1.807) is 0 Å². The molecule has 0 spiro atoms. The monoisotopic (exact) mass is 231 g/mol. The van der Waals surface area contributed by atoms with Crippen molar-refractivity contribution in [3.63, 3.8) is 0 Å². The minimum Gasteiger partial charge on any atom is -0.192 e. The zero-order chi connectivity index (χ0) is 13.2. The van der Waals surface area contributed by atoms with E-state index in [9.17, 15) is 13.2 Å². The van der Waals surface area contributed by atoms with Crippen LogP contribution in [0.4, 0.5) is 13.2 Å². The standard InChI is InChI=1S/C8H4F3N.2C2H6/c9-8(10,11)7-4-2-1-3-6(7)5-12;2*1-2/h1-4H;2*1-2H3. The van der Waals surface area contributed by atoms with Crippen molar-refractivity contribution >= 4 is 0 Å². The van der Waals surface area contributed by atoms with Gasteiger partial charge in [-0.05, 0) is 12.1 Å². The molecule has 0 aliphatic rings. The van der Waals surface area contributed by atoms with E-state index in [4.69, 9.17) is 5.26 Å². The summed E-state index contributed by atoms with van der Waals surface area (Å²) in [7, 11) is 0. The van der Waals surface area contributed by atoms with Crippen molar-refractivity contribution in [2.45, 2.75) is 33.9 Å². The van der Waals surface area contributed by atoms with Crippen LogP contribution in [0.3, 0.4) is 0 Å². The Hall–Kier alpha value is -1.50. The number of hydrogen-bond donors (Lipinski definition) is 0. The molecule has 90 valence electrons. The minimum atomic E-state index is -4.44. The molecular formula is C12H16F3N. The van der Waals surface area contributed by atoms with Crippen molar-refractivity contribution in [1.29, 1.82) is 5.26 Å². The lowest BCUT2D eigenvalue weighted by Gasteiger charge is -2.06. The molecule has 4 heteroatoms. The van der Waals surface area contributed by atoms with Crippen LogP contribution in [0.2, 0.25) is 0 Å². The quantitative estimate of drug-likeness (QED) is 0.638. The summed E-state index contributed by atoms with van der Waals surface area (Å²) in [5.41, 5.74) is -1.22. The normalized spacial score (nSPS) is 8.88. The lowest BCUT2D eigenvalue weighted by molar-refractivity contribution is -0.137. The van der Waals surface area contributed by atoms with Crippen LogP contribution < -0.4 is 0 Å². The maximum Gasteiger partial charge on any atom is 0.417 e. The topological polar surface area (TPSA) is 23.8 Å². The first kappa shape index (κ1) is 16.9. The van der Waals surface area contributed by atoms with Gasteiger partial charge in [0.25, 0.3) is 0 Å². The largest absolute Gasteiger partial charge is 0.417 e. The molecule has 1 rings (SSSR count). The van der Waals surface area contributed by atoms with Gasteiger partial charge in [0.15, 0.2) is 0 Å². The smallest absolute Gasteiger partial charge is 0.192 e. The first-order valence-electron chi connectivity index (χ1n) is 5.12. The number of halogens is 3. The number of alkyl halides is 3. The van der Waals surface area contributed by atoms with Crippen molar-refractivity contribution in [2.75, 3.05) is 0 Å². The van der Waals surface area contributed by atoms with E-state index >= 15 is 0 Å². The summed E-state index contributed by atoms with van der Waals surface area (Å²) in [5.74, 6) is 0. The number of nitriles is 1. The molecule has 1 nitrogen and oxygen atoms in total. The van der Waals surface area contributed by atoms with Crippen LogP contribution in [0, 0.1) is 11.3 Å². The van der Waals surface area contributed by atoms with Crippen LogP contribution >= 0.6 is 0 Å². The summed E-state index contributed by atoms with van der Waals surface area (Å²) >= 11 is 0. The van der Waals surface area contributed by atoms with E-state index in [1.165, 1.54) is 18.2 Å². The summed E-state index contributed by atoms with van der Waals surface area (Å²) in [6.45, 7) is 8.00. The lowest BCUT2D eigenvalue weighted by atomic mass is 10.1. The third-order valence-corrected chi connectivity index (χ3v) is 1.35. The molecule has 1 aromatic rings. The highest BCUT2D eigenvalue weighted by Gasteiger charge is 2.32. The highest BCUT2D eigenvalue weighted by Crippen LogP contribution is 2.31. The molecule has 0 aromatic heterocycles. The molecule has 0 saturated carbocycles. The van der Waals surface area contributed by atoms with Gasteiger partial charge in [-0.2, -0.15) is 18.4 Å². The summed E-state index contributed by atoms with van der Waals surface area (Å²) in [6, 6.07) is 6.16. The molecule has 0 unspecified atom stereocenters. The third kappa shape index (κ3) is 5.40. The Balaban J connectivity index is 0. The highest BCUT2D eigenvalue weighted by atomic mass is 19.4. The Morgan fingerprint density at radius 1 is 1.00 bits per heavy atom. The predicted octanol–water partition coefficient (Wildman–Crippen LogP) is 4.63. The zero-order valence-corrected chi connectivity index (χ0v) is 9.89. The van der Waals surface area contributed by atoms with Crippen molar-refractivity contribution < 1.29 is 13.2 Å². The molecule has 0 aliphatic heterocycles. The molecule has 0 aliphatic carbocycles. The second kappa shape index (κ2) is 8.78. The highest BCUT2D eigenvalue weighted by molar-refractivity contribution is 5.38. The van der Waals surface area contributed by atoms with Gasteiger partial charge < -0.3 is 0 Å². The van der Waals surface area contributed by atoms with Crippen molar-refractivity contribution in [1.82, 2.24) is 0 Å². The molecule has 0 N–H and O–H groups in total. The fourth-order valence-electron chi connectivity index (χ4n) is 0.828. The van der Waals surface area contributed by atoms with Crippen molar-refractivity contribution in [3.05, 3.63) is 35.4 Å². The maximum absolute atomic E-state index is 12.1. The molecule has 0 bridgehead atoms. The van der Waals surface area contributed by atoms with Gasteiger partial charge in [-0.1, -0.05) is 39.8 Å². The van der Waals surface area contributed by atoms with E-state index in [-0.39, 0.29) is 5.56 Å². The minimum absolute atomic E-state index is 0.343. The van der Waals surface area contributed by atoms with Crippen LogP contribution in [-0.2, 0) is 6.18 Å². The average Bonchev–Trinajstić information content (AvgIpc) is 2.33. The van der Waals surface area contributed by atoms with Crippen molar-refractivity contribution in [2.24, 2.45) is 0 Å². The SMILES string of the molecule is CC.CC.N#Cc1ccccc1C(F)(F)F. The maximum atomic E-state index is 12.1. The second-order valence-corrected chi connectivity index (χ2v) is 2.16. The van der Waals surface area contributed by atoms with E-state index in [0.717, 1.165) is 12.1 Å². The van der Waals surface area contributed by atoms with Gasteiger partial charge in [-0.15, -0.1) is 0 Å². The third-order valence-electron chi connectivity index (χ3n) is 1.35. The Morgan fingerprint density at radius 2 is 1.44 bits per heavy atom. The van der Waals surface area contributed by atoms with Gasteiger partial charge in [-0.3, -0.25) is 0 Å². The molecule has 1 aromatic carbocycles. The number of rotatable bonds is 0. The Kier molecular flexibility index (Phi) is 9.28. The lowest BCUT2D eigenvalue weighted by Crippen LogP contribution is -2.06. The van der Waals surface area contributed by atoms with Gasteiger partial charge in [0.05, 0.1) is 17.2 Å². The molecule has 16 heavy (non-hydrogen) atoms. The summed E-state index contributed by atoms with van der Waals surface area (Å²) < 4.78 is 36.3. The summed E-state index contributed by atoms with van der Waals surface area (Å²) in [4.78, 5) is 0. The predicted molar refractivity (Wildman–Crippen MR) is 58.9 cm³/mol. The molecule has 0 radical (unpaired) electrons. The van der Waals surface area contributed by atoms with Crippen LogP contribution in [0.5, 0.6) is 0 Å². The molecule has 0 atom stereocenters.